The smallest absolute Gasteiger partial charge is 0.279 e. The number of hydrogen-bond acceptors (Lipinski definition) is 5. The van der Waals surface area contributed by atoms with Gasteiger partial charge in [0.05, 0.1) is 11.4 Å². The standard InChI is InChI=1S/C23H24N4O3/c1-5-14-27-20-9-7-6-8-19(20)22(23(27)29)25-24-16(2)17-10-12-18(13-11-17)30-15-21(28)26(3)4/h5-13H,1,14-15H2,2-4H3/b24-16-,25-22-. The minimum atomic E-state index is -0.193. The number of fused-ring (bicyclic) bond motifs is 1. The molecule has 0 bridgehead atoms. The fourth-order valence-electron chi connectivity index (χ4n) is 2.92. The number of nitrogens with zero attached hydrogens (tertiary/aromatic N) is 4. The lowest BCUT2D eigenvalue weighted by molar-refractivity contribution is -0.130. The van der Waals surface area contributed by atoms with Crippen LogP contribution in [0.3, 0.4) is 0 Å². The van der Waals surface area contributed by atoms with Crippen molar-refractivity contribution in [2.75, 3.05) is 32.1 Å². The third-order valence-corrected chi connectivity index (χ3v) is 4.64. The summed E-state index contributed by atoms with van der Waals surface area (Å²) in [5.41, 5.74) is 3.38. The van der Waals surface area contributed by atoms with Crippen molar-refractivity contribution in [2.24, 2.45) is 10.2 Å². The van der Waals surface area contributed by atoms with Crippen LogP contribution >= 0.6 is 0 Å². The molecule has 1 aliphatic heterocycles. The molecule has 0 N–H and O–H groups in total. The number of carbonyl (C=O) groups excluding carboxylic acids is 2. The van der Waals surface area contributed by atoms with E-state index in [-0.39, 0.29) is 18.4 Å². The predicted molar refractivity (Wildman–Crippen MR) is 118 cm³/mol. The fourth-order valence-corrected chi connectivity index (χ4v) is 2.92. The van der Waals surface area contributed by atoms with Gasteiger partial charge in [-0.05, 0) is 42.8 Å². The maximum atomic E-state index is 12.8. The molecule has 2 amide bonds. The summed E-state index contributed by atoms with van der Waals surface area (Å²) in [6.07, 6.45) is 1.68. The highest BCUT2D eigenvalue weighted by Crippen LogP contribution is 2.29. The lowest BCUT2D eigenvalue weighted by Gasteiger charge is -2.13. The van der Waals surface area contributed by atoms with E-state index in [4.69, 9.17) is 4.74 Å². The molecule has 7 nitrogen and oxygen atoms in total. The summed E-state index contributed by atoms with van der Waals surface area (Å²) in [6, 6.07) is 14.7. The fraction of sp³-hybridized carbons (Fsp3) is 0.217. The van der Waals surface area contributed by atoms with Gasteiger partial charge in [-0.15, -0.1) is 11.7 Å². The Morgan fingerprint density at radius 3 is 2.53 bits per heavy atom. The van der Waals surface area contributed by atoms with Crippen LogP contribution in [0, 0.1) is 0 Å². The van der Waals surface area contributed by atoms with Crippen molar-refractivity contribution >= 4 is 28.9 Å². The largest absolute Gasteiger partial charge is 0.484 e. The van der Waals surface area contributed by atoms with Crippen molar-refractivity contribution in [1.82, 2.24) is 4.90 Å². The molecule has 1 aliphatic rings. The van der Waals surface area contributed by atoms with Gasteiger partial charge >= 0.3 is 0 Å². The summed E-state index contributed by atoms with van der Waals surface area (Å²) in [4.78, 5) is 27.5. The number of hydrogen-bond donors (Lipinski definition) is 0. The first-order valence-electron chi connectivity index (χ1n) is 9.50. The lowest BCUT2D eigenvalue weighted by Crippen LogP contribution is -2.30. The van der Waals surface area contributed by atoms with Gasteiger partial charge in [-0.3, -0.25) is 9.59 Å². The monoisotopic (exact) mass is 404 g/mol. The number of amides is 2. The molecule has 0 unspecified atom stereocenters. The van der Waals surface area contributed by atoms with Gasteiger partial charge < -0.3 is 14.5 Å². The molecule has 0 aromatic heterocycles. The van der Waals surface area contributed by atoms with Crippen LogP contribution in [0.15, 0.2) is 71.4 Å². The predicted octanol–water partition coefficient (Wildman–Crippen LogP) is 2.90. The molecule has 3 rings (SSSR count). The highest BCUT2D eigenvalue weighted by Gasteiger charge is 2.33. The molecule has 7 heteroatoms. The van der Waals surface area contributed by atoms with Crippen molar-refractivity contribution in [3.05, 3.63) is 72.3 Å². The van der Waals surface area contributed by atoms with Gasteiger partial charge in [-0.1, -0.05) is 24.3 Å². The molecule has 0 aliphatic carbocycles. The Hall–Kier alpha value is -3.74. The van der Waals surface area contributed by atoms with E-state index in [0.717, 1.165) is 16.8 Å². The summed E-state index contributed by atoms with van der Waals surface area (Å²) in [5, 5.41) is 8.53. The molecule has 0 radical (unpaired) electrons. The topological polar surface area (TPSA) is 74.6 Å². The quantitative estimate of drug-likeness (QED) is 0.405. The van der Waals surface area contributed by atoms with Gasteiger partial charge in [-0.2, -0.15) is 5.10 Å². The Kier molecular flexibility index (Phi) is 6.41. The first-order chi connectivity index (χ1) is 14.4. The van der Waals surface area contributed by atoms with Crippen molar-refractivity contribution < 1.29 is 14.3 Å². The third kappa shape index (κ3) is 4.46. The molecule has 0 saturated heterocycles. The number of likely N-dealkylation sites (N-methyl/N-ethyl adjacent to an activating group) is 1. The Morgan fingerprint density at radius 1 is 1.17 bits per heavy atom. The van der Waals surface area contributed by atoms with E-state index in [2.05, 4.69) is 16.8 Å². The second-order valence-corrected chi connectivity index (χ2v) is 6.96. The number of rotatable bonds is 7. The zero-order valence-corrected chi connectivity index (χ0v) is 17.3. The second-order valence-electron chi connectivity index (χ2n) is 6.96. The Bertz CT molecular complexity index is 1020. The van der Waals surface area contributed by atoms with Gasteiger partial charge in [0.15, 0.2) is 12.3 Å². The lowest BCUT2D eigenvalue weighted by atomic mass is 10.1. The van der Waals surface area contributed by atoms with Gasteiger partial charge in [0.2, 0.25) is 0 Å². The molecule has 0 atom stereocenters. The molecule has 0 spiro atoms. The maximum Gasteiger partial charge on any atom is 0.279 e. The summed E-state index contributed by atoms with van der Waals surface area (Å²) in [5.74, 6) is 0.287. The van der Waals surface area contributed by atoms with Crippen LogP contribution in [0.25, 0.3) is 0 Å². The highest BCUT2D eigenvalue weighted by atomic mass is 16.5. The molecule has 30 heavy (non-hydrogen) atoms. The Labute approximate surface area is 176 Å². The van der Waals surface area contributed by atoms with Crippen LogP contribution in [0.1, 0.15) is 18.1 Å². The molecule has 0 fully saturated rings. The zero-order valence-electron chi connectivity index (χ0n) is 17.3. The third-order valence-electron chi connectivity index (χ3n) is 4.64. The maximum absolute atomic E-state index is 12.8. The van der Waals surface area contributed by atoms with E-state index in [0.29, 0.717) is 23.7 Å². The average molecular weight is 404 g/mol. The van der Waals surface area contributed by atoms with Crippen molar-refractivity contribution in [1.29, 1.82) is 0 Å². The number of carbonyl (C=O) groups is 2. The van der Waals surface area contributed by atoms with Crippen LogP contribution in [-0.4, -0.2) is 55.4 Å². The van der Waals surface area contributed by atoms with E-state index in [1.54, 1.807) is 37.2 Å². The van der Waals surface area contributed by atoms with E-state index >= 15 is 0 Å². The van der Waals surface area contributed by atoms with Gasteiger partial charge in [0.25, 0.3) is 11.8 Å². The Morgan fingerprint density at radius 2 is 1.87 bits per heavy atom. The number of anilines is 1. The van der Waals surface area contributed by atoms with Crippen LogP contribution in [-0.2, 0) is 9.59 Å². The zero-order chi connectivity index (χ0) is 21.7. The first kappa shape index (κ1) is 21.0. The SMILES string of the molecule is C=CCN1C(=O)/C(=N\N=C(\C)c2ccc(OCC(=O)N(C)C)cc2)c2ccccc21. The normalized spacial score (nSPS) is 14.6. The molecule has 154 valence electrons. The molecule has 0 saturated carbocycles. The molecular weight excluding hydrogens is 380 g/mol. The minimum absolute atomic E-state index is 0.0181. The van der Waals surface area contributed by atoms with Gasteiger partial charge in [0, 0.05) is 26.2 Å². The van der Waals surface area contributed by atoms with Crippen LogP contribution in [0.5, 0.6) is 5.75 Å². The van der Waals surface area contributed by atoms with Crippen LogP contribution in [0.4, 0.5) is 5.69 Å². The van der Waals surface area contributed by atoms with E-state index < -0.39 is 0 Å². The second kappa shape index (κ2) is 9.17. The van der Waals surface area contributed by atoms with Gasteiger partial charge in [0.1, 0.15) is 5.75 Å². The highest BCUT2D eigenvalue weighted by molar-refractivity contribution is 6.54. The molecule has 1 heterocycles. The number of benzene rings is 2. The van der Waals surface area contributed by atoms with Gasteiger partial charge in [-0.25, -0.2) is 0 Å². The number of para-hydroxylation sites is 1. The van der Waals surface area contributed by atoms with Crippen LogP contribution in [0.2, 0.25) is 0 Å². The van der Waals surface area contributed by atoms with Crippen molar-refractivity contribution in [2.45, 2.75) is 6.92 Å². The molecule has 2 aromatic rings. The summed E-state index contributed by atoms with van der Waals surface area (Å²) < 4.78 is 5.48. The van der Waals surface area contributed by atoms with Crippen LogP contribution < -0.4 is 9.64 Å². The molecular formula is C23H24N4O3. The molecule has 2 aromatic carbocycles. The van der Waals surface area contributed by atoms with E-state index in [9.17, 15) is 9.59 Å². The minimum Gasteiger partial charge on any atom is -0.484 e. The summed E-state index contributed by atoms with van der Waals surface area (Å²) in [6.45, 7) is 5.93. The van der Waals surface area contributed by atoms with Crippen molar-refractivity contribution in [3.8, 4) is 5.75 Å². The Balaban J connectivity index is 1.77. The summed E-state index contributed by atoms with van der Waals surface area (Å²) >= 11 is 0. The first-order valence-corrected chi connectivity index (χ1v) is 9.50. The number of ether oxygens (including phenoxy) is 1. The van der Waals surface area contributed by atoms with Crippen molar-refractivity contribution in [3.63, 3.8) is 0 Å². The van der Waals surface area contributed by atoms with E-state index in [1.165, 1.54) is 4.90 Å². The summed E-state index contributed by atoms with van der Waals surface area (Å²) in [7, 11) is 3.36. The average Bonchev–Trinajstić information content (AvgIpc) is 3.02. The van der Waals surface area contributed by atoms with E-state index in [1.807, 2.05) is 43.3 Å².